The van der Waals surface area contributed by atoms with Crippen molar-refractivity contribution < 1.29 is 22.7 Å². The fraction of sp³-hybridized carbons (Fsp3) is 0.120. The lowest BCUT2D eigenvalue weighted by molar-refractivity contribution is -0.137. The van der Waals surface area contributed by atoms with Gasteiger partial charge in [0.05, 0.1) is 24.4 Å². The Morgan fingerprint density at radius 3 is 2.36 bits per heavy atom. The van der Waals surface area contributed by atoms with Crippen molar-refractivity contribution in [3.63, 3.8) is 0 Å². The molecule has 8 heteroatoms. The number of hydrogen-bond donors (Lipinski definition) is 1. The summed E-state index contributed by atoms with van der Waals surface area (Å²) in [5.74, 6) is 0.235. The molecule has 1 aromatic heterocycles. The summed E-state index contributed by atoms with van der Waals surface area (Å²) in [4.78, 5) is 15.0. The zero-order chi connectivity index (χ0) is 23.2. The van der Waals surface area contributed by atoms with Crippen LogP contribution in [0.25, 0.3) is 11.3 Å². The zero-order valence-electron chi connectivity index (χ0n) is 17.4. The molecular formula is C25H18F3N3O2. The van der Waals surface area contributed by atoms with Gasteiger partial charge >= 0.3 is 6.18 Å². The molecule has 2 heterocycles. The quantitative estimate of drug-likeness (QED) is 0.425. The summed E-state index contributed by atoms with van der Waals surface area (Å²) in [6.07, 6.45) is -4.51. The Labute approximate surface area is 187 Å². The SMILES string of the molecule is COc1ccc(N2C(=O)c3[nH]nc(-c4ccccc4)c3C2c2cccc(C(F)(F)F)c2)cc1. The van der Waals surface area contributed by atoms with Crippen LogP contribution in [0.2, 0.25) is 0 Å². The highest BCUT2D eigenvalue weighted by molar-refractivity contribution is 6.11. The molecule has 0 spiro atoms. The normalized spacial score (nSPS) is 15.6. The smallest absolute Gasteiger partial charge is 0.416 e. The molecule has 1 amide bonds. The number of methoxy groups -OCH3 is 1. The van der Waals surface area contributed by atoms with Gasteiger partial charge in [0.2, 0.25) is 0 Å². The molecule has 166 valence electrons. The molecule has 0 aliphatic carbocycles. The van der Waals surface area contributed by atoms with Gasteiger partial charge in [0.15, 0.2) is 0 Å². The molecule has 33 heavy (non-hydrogen) atoms. The number of nitrogens with one attached hydrogen (secondary N) is 1. The number of halogens is 3. The monoisotopic (exact) mass is 449 g/mol. The van der Waals surface area contributed by atoms with Gasteiger partial charge in [0.25, 0.3) is 5.91 Å². The Morgan fingerprint density at radius 2 is 1.70 bits per heavy atom. The van der Waals surface area contributed by atoms with Crippen molar-refractivity contribution >= 4 is 11.6 Å². The van der Waals surface area contributed by atoms with Crippen LogP contribution in [0.1, 0.15) is 33.2 Å². The number of hydrogen-bond acceptors (Lipinski definition) is 3. The Hall–Kier alpha value is -4.07. The Balaban J connectivity index is 1.72. The van der Waals surface area contributed by atoms with Crippen LogP contribution in [0, 0.1) is 0 Å². The van der Waals surface area contributed by atoms with Crippen LogP contribution >= 0.6 is 0 Å². The third kappa shape index (κ3) is 3.53. The first-order valence-corrected chi connectivity index (χ1v) is 10.2. The summed E-state index contributed by atoms with van der Waals surface area (Å²) in [5.41, 5.74) is 2.18. The first kappa shape index (κ1) is 20.8. The predicted octanol–water partition coefficient (Wildman–Crippen LogP) is 5.85. The maximum Gasteiger partial charge on any atom is 0.416 e. The molecule has 0 saturated heterocycles. The van der Waals surface area contributed by atoms with E-state index in [0.29, 0.717) is 28.3 Å². The van der Waals surface area contributed by atoms with E-state index >= 15 is 0 Å². The van der Waals surface area contributed by atoms with Gasteiger partial charge in [-0.1, -0.05) is 42.5 Å². The average molecular weight is 449 g/mol. The van der Waals surface area contributed by atoms with Crippen LogP contribution in [0.3, 0.4) is 0 Å². The lowest BCUT2D eigenvalue weighted by Crippen LogP contribution is -2.29. The van der Waals surface area contributed by atoms with Crippen LogP contribution in [-0.4, -0.2) is 23.2 Å². The minimum atomic E-state index is -4.51. The van der Waals surface area contributed by atoms with Crippen molar-refractivity contribution in [2.45, 2.75) is 12.2 Å². The second-order valence-electron chi connectivity index (χ2n) is 7.63. The van der Waals surface area contributed by atoms with Crippen molar-refractivity contribution in [1.29, 1.82) is 0 Å². The number of H-pyrrole nitrogens is 1. The van der Waals surface area contributed by atoms with Crippen molar-refractivity contribution in [1.82, 2.24) is 10.2 Å². The third-order valence-corrected chi connectivity index (χ3v) is 5.70. The van der Waals surface area contributed by atoms with Crippen molar-refractivity contribution in [3.05, 3.63) is 101 Å². The van der Waals surface area contributed by atoms with Gasteiger partial charge in [-0.25, -0.2) is 0 Å². The molecule has 4 aromatic rings. The lowest BCUT2D eigenvalue weighted by Gasteiger charge is -2.27. The molecular weight excluding hydrogens is 431 g/mol. The number of benzene rings is 3. The second-order valence-corrected chi connectivity index (χ2v) is 7.63. The number of anilines is 1. The standard InChI is InChI=1S/C25H18F3N3O2/c1-33-19-12-10-18(11-13-19)31-23(16-8-5-9-17(14-16)25(26,27)28)20-21(15-6-3-2-4-7-15)29-30-22(20)24(31)32/h2-14,23H,1H3,(H,29,30). The molecule has 0 bridgehead atoms. The highest BCUT2D eigenvalue weighted by Gasteiger charge is 2.43. The van der Waals surface area contributed by atoms with Crippen molar-refractivity contribution in [2.75, 3.05) is 12.0 Å². The molecule has 1 aliphatic rings. The summed E-state index contributed by atoms with van der Waals surface area (Å²) < 4.78 is 45.7. The summed E-state index contributed by atoms with van der Waals surface area (Å²) in [6.45, 7) is 0. The molecule has 1 N–H and O–H groups in total. The molecule has 5 nitrogen and oxygen atoms in total. The summed E-state index contributed by atoms with van der Waals surface area (Å²) >= 11 is 0. The predicted molar refractivity (Wildman–Crippen MR) is 117 cm³/mol. The van der Waals surface area contributed by atoms with Gasteiger partial charge in [-0.2, -0.15) is 18.3 Å². The average Bonchev–Trinajstić information content (AvgIpc) is 3.38. The van der Waals surface area contributed by atoms with E-state index in [-0.39, 0.29) is 11.6 Å². The van der Waals surface area contributed by atoms with Crippen LogP contribution in [0.5, 0.6) is 5.75 Å². The van der Waals surface area contributed by atoms with Crippen LogP contribution in [-0.2, 0) is 6.18 Å². The van der Waals surface area contributed by atoms with E-state index in [1.807, 2.05) is 30.3 Å². The number of aromatic amines is 1. The number of aromatic nitrogens is 2. The molecule has 0 fully saturated rings. The van der Waals surface area contributed by atoms with Crippen LogP contribution in [0.4, 0.5) is 18.9 Å². The highest BCUT2D eigenvalue weighted by Crippen LogP contribution is 2.46. The number of rotatable bonds is 4. The van der Waals surface area contributed by atoms with E-state index in [9.17, 15) is 18.0 Å². The van der Waals surface area contributed by atoms with Crippen molar-refractivity contribution in [2.24, 2.45) is 0 Å². The number of carbonyl (C=O) groups excluding carboxylic acids is 1. The topological polar surface area (TPSA) is 58.2 Å². The fourth-order valence-corrected chi connectivity index (χ4v) is 4.17. The molecule has 1 unspecified atom stereocenters. The Bertz CT molecular complexity index is 1310. The van der Waals surface area contributed by atoms with E-state index < -0.39 is 17.8 Å². The van der Waals surface area contributed by atoms with E-state index in [1.165, 1.54) is 18.1 Å². The van der Waals surface area contributed by atoms with Gasteiger partial charge in [0, 0.05) is 16.8 Å². The summed E-state index contributed by atoms with van der Waals surface area (Å²) in [7, 11) is 1.53. The van der Waals surface area contributed by atoms with Crippen LogP contribution < -0.4 is 9.64 Å². The molecule has 1 aliphatic heterocycles. The minimum Gasteiger partial charge on any atom is -0.497 e. The van der Waals surface area contributed by atoms with Gasteiger partial charge in [-0.05, 0) is 42.0 Å². The number of amides is 1. The first-order valence-electron chi connectivity index (χ1n) is 10.2. The first-order chi connectivity index (χ1) is 15.9. The summed E-state index contributed by atoms with van der Waals surface area (Å²) in [5, 5.41) is 7.16. The molecule has 0 saturated carbocycles. The second kappa shape index (κ2) is 7.81. The van der Waals surface area contributed by atoms with Gasteiger partial charge in [-0.3, -0.25) is 14.8 Å². The summed E-state index contributed by atoms with van der Waals surface area (Å²) in [6, 6.07) is 20.3. The van der Waals surface area contributed by atoms with Gasteiger partial charge in [0.1, 0.15) is 11.4 Å². The highest BCUT2D eigenvalue weighted by atomic mass is 19.4. The number of carbonyl (C=O) groups is 1. The number of nitrogens with zero attached hydrogens (tertiary/aromatic N) is 2. The van der Waals surface area contributed by atoms with E-state index in [0.717, 1.165) is 17.7 Å². The molecule has 0 radical (unpaired) electrons. The molecule has 3 aromatic carbocycles. The fourth-order valence-electron chi connectivity index (χ4n) is 4.17. The van der Waals surface area contributed by atoms with E-state index in [1.54, 1.807) is 30.3 Å². The molecule has 5 rings (SSSR count). The Morgan fingerprint density at radius 1 is 0.970 bits per heavy atom. The van der Waals surface area contributed by atoms with E-state index in [4.69, 9.17) is 4.74 Å². The van der Waals surface area contributed by atoms with Crippen molar-refractivity contribution in [3.8, 4) is 17.0 Å². The van der Waals surface area contributed by atoms with E-state index in [2.05, 4.69) is 10.2 Å². The molecule has 1 atom stereocenters. The third-order valence-electron chi connectivity index (χ3n) is 5.70. The van der Waals surface area contributed by atoms with Crippen LogP contribution in [0.15, 0.2) is 78.9 Å². The minimum absolute atomic E-state index is 0.257. The maximum atomic E-state index is 13.5. The number of alkyl halides is 3. The number of ether oxygens (including phenoxy) is 1. The lowest BCUT2D eigenvalue weighted by atomic mass is 9.94. The van der Waals surface area contributed by atoms with Gasteiger partial charge < -0.3 is 4.74 Å². The van der Waals surface area contributed by atoms with Gasteiger partial charge in [-0.15, -0.1) is 0 Å². The Kier molecular flexibility index (Phi) is 4.92. The zero-order valence-corrected chi connectivity index (χ0v) is 17.4. The maximum absolute atomic E-state index is 13.5. The largest absolute Gasteiger partial charge is 0.497 e. The number of fused-ring (bicyclic) bond motifs is 1.